The van der Waals surface area contributed by atoms with Gasteiger partial charge >= 0.3 is 0 Å². The molecule has 1 aliphatic heterocycles. The van der Waals surface area contributed by atoms with E-state index in [4.69, 9.17) is 5.10 Å². The Bertz CT molecular complexity index is 1430. The van der Waals surface area contributed by atoms with Crippen molar-refractivity contribution in [2.75, 3.05) is 0 Å². The molecular formula is C25H19N3O. The van der Waals surface area contributed by atoms with Crippen molar-refractivity contribution in [1.29, 1.82) is 0 Å². The van der Waals surface area contributed by atoms with E-state index in [0.717, 1.165) is 52.8 Å². The summed E-state index contributed by atoms with van der Waals surface area (Å²) in [6.45, 7) is 0.757. The van der Waals surface area contributed by atoms with Crippen LogP contribution in [0.5, 0.6) is 0 Å². The molecule has 4 heteroatoms. The molecule has 4 nitrogen and oxygen atoms in total. The van der Waals surface area contributed by atoms with Crippen molar-refractivity contribution in [1.82, 2.24) is 14.3 Å². The van der Waals surface area contributed by atoms with Crippen molar-refractivity contribution >= 4 is 21.8 Å². The summed E-state index contributed by atoms with van der Waals surface area (Å²) in [4.78, 5) is 13.7. The number of aryl methyl sites for hydroxylation is 2. The zero-order valence-corrected chi connectivity index (χ0v) is 15.9. The van der Waals surface area contributed by atoms with Gasteiger partial charge in [-0.25, -0.2) is 4.68 Å². The smallest absolute Gasteiger partial charge is 0.262 e. The van der Waals surface area contributed by atoms with Gasteiger partial charge in [0.2, 0.25) is 0 Å². The van der Waals surface area contributed by atoms with Crippen LogP contribution in [-0.2, 0) is 13.0 Å². The summed E-state index contributed by atoms with van der Waals surface area (Å²) in [5.74, 6) is 0. The molecule has 0 radical (unpaired) electrons. The molecule has 0 unspecified atom stereocenters. The first-order valence-corrected chi connectivity index (χ1v) is 10.0. The average molecular weight is 377 g/mol. The van der Waals surface area contributed by atoms with Crippen molar-refractivity contribution in [2.24, 2.45) is 0 Å². The van der Waals surface area contributed by atoms with E-state index < -0.39 is 0 Å². The lowest BCUT2D eigenvalue weighted by atomic mass is 9.98. The quantitative estimate of drug-likeness (QED) is 0.436. The standard InChI is InChI=1S/C25H19N3O/c29-25-21-22(17-9-3-1-4-10-17)26-28(19-13-5-2-6-14-19)24(21)20-15-7-11-18-12-8-16-27(25)23(18)20/h1-7,9-11,13-15H,8,12,16H2. The molecule has 29 heavy (non-hydrogen) atoms. The number of pyridine rings is 1. The second-order valence-electron chi connectivity index (χ2n) is 7.56. The van der Waals surface area contributed by atoms with E-state index in [2.05, 4.69) is 18.2 Å². The van der Waals surface area contributed by atoms with E-state index in [9.17, 15) is 4.79 Å². The maximum Gasteiger partial charge on any atom is 0.262 e. The Morgan fingerprint density at radius 1 is 0.793 bits per heavy atom. The number of aromatic nitrogens is 3. The van der Waals surface area contributed by atoms with Crippen molar-refractivity contribution in [2.45, 2.75) is 19.4 Å². The third-order valence-electron chi connectivity index (χ3n) is 5.86. The first-order chi connectivity index (χ1) is 14.3. The fourth-order valence-corrected chi connectivity index (χ4v) is 4.60. The topological polar surface area (TPSA) is 39.8 Å². The van der Waals surface area contributed by atoms with Crippen LogP contribution in [0.2, 0.25) is 0 Å². The summed E-state index contributed by atoms with van der Waals surface area (Å²) >= 11 is 0. The summed E-state index contributed by atoms with van der Waals surface area (Å²) in [5.41, 5.74) is 5.93. The molecule has 0 aliphatic carbocycles. The highest BCUT2D eigenvalue weighted by atomic mass is 16.1. The second kappa shape index (κ2) is 6.17. The highest BCUT2D eigenvalue weighted by Crippen LogP contribution is 2.34. The van der Waals surface area contributed by atoms with Gasteiger partial charge in [-0.2, -0.15) is 5.10 Å². The number of hydrogen-bond acceptors (Lipinski definition) is 2. The predicted octanol–water partition coefficient (Wildman–Crippen LogP) is 4.95. The van der Waals surface area contributed by atoms with Gasteiger partial charge in [0.05, 0.1) is 22.1 Å². The Labute approximate surface area is 167 Å². The number of benzene rings is 3. The summed E-state index contributed by atoms with van der Waals surface area (Å²) in [6, 6.07) is 26.4. The van der Waals surface area contributed by atoms with Gasteiger partial charge in [0.15, 0.2) is 0 Å². The monoisotopic (exact) mass is 377 g/mol. The van der Waals surface area contributed by atoms with E-state index in [1.165, 1.54) is 5.56 Å². The van der Waals surface area contributed by atoms with Crippen molar-refractivity contribution in [3.05, 3.63) is 94.8 Å². The summed E-state index contributed by atoms with van der Waals surface area (Å²) in [5, 5.41) is 6.76. The van der Waals surface area contributed by atoms with Crippen LogP contribution in [0.1, 0.15) is 12.0 Å². The van der Waals surface area contributed by atoms with Crippen LogP contribution in [-0.4, -0.2) is 14.3 Å². The SMILES string of the molecule is O=c1c2c(-c3ccccc3)nn(-c3ccccc3)c2c2cccc3c2n1CCC3. The molecule has 0 bridgehead atoms. The van der Waals surface area contributed by atoms with Gasteiger partial charge in [0, 0.05) is 17.5 Å². The molecule has 0 spiro atoms. The largest absolute Gasteiger partial charge is 0.307 e. The van der Waals surface area contributed by atoms with Crippen LogP contribution in [0, 0.1) is 0 Å². The molecule has 6 rings (SSSR count). The van der Waals surface area contributed by atoms with E-state index in [1.807, 2.05) is 69.9 Å². The summed E-state index contributed by atoms with van der Waals surface area (Å²) in [7, 11) is 0. The van der Waals surface area contributed by atoms with Crippen molar-refractivity contribution < 1.29 is 0 Å². The van der Waals surface area contributed by atoms with E-state index in [1.54, 1.807) is 0 Å². The van der Waals surface area contributed by atoms with Crippen LogP contribution in [0.3, 0.4) is 0 Å². The third-order valence-corrected chi connectivity index (χ3v) is 5.86. The maximum absolute atomic E-state index is 13.7. The van der Waals surface area contributed by atoms with Gasteiger partial charge in [-0.3, -0.25) is 4.79 Å². The number of fused-ring (bicyclic) bond motifs is 2. The molecule has 2 aromatic heterocycles. The van der Waals surface area contributed by atoms with Gasteiger partial charge in [-0.15, -0.1) is 0 Å². The van der Waals surface area contributed by atoms with Crippen LogP contribution < -0.4 is 5.56 Å². The zero-order valence-electron chi connectivity index (χ0n) is 15.9. The average Bonchev–Trinajstić information content (AvgIpc) is 3.20. The molecule has 0 saturated heterocycles. The van der Waals surface area contributed by atoms with E-state index in [-0.39, 0.29) is 5.56 Å². The van der Waals surface area contributed by atoms with Crippen LogP contribution in [0.25, 0.3) is 38.8 Å². The molecule has 3 aromatic carbocycles. The first kappa shape index (κ1) is 16.3. The molecule has 0 atom stereocenters. The number of nitrogens with zero attached hydrogens (tertiary/aromatic N) is 3. The van der Waals surface area contributed by atoms with Gasteiger partial charge in [-0.05, 0) is 30.5 Å². The molecule has 3 heterocycles. The fraction of sp³-hybridized carbons (Fsp3) is 0.120. The lowest BCUT2D eigenvalue weighted by Crippen LogP contribution is -2.25. The molecular weight excluding hydrogens is 358 g/mol. The highest BCUT2D eigenvalue weighted by Gasteiger charge is 2.24. The minimum atomic E-state index is 0.0562. The van der Waals surface area contributed by atoms with Crippen LogP contribution in [0.4, 0.5) is 0 Å². The van der Waals surface area contributed by atoms with E-state index >= 15 is 0 Å². The third kappa shape index (κ3) is 2.32. The van der Waals surface area contributed by atoms with Crippen molar-refractivity contribution in [3.63, 3.8) is 0 Å². The van der Waals surface area contributed by atoms with Gasteiger partial charge in [0.1, 0.15) is 5.69 Å². The van der Waals surface area contributed by atoms with Crippen LogP contribution >= 0.6 is 0 Å². The normalized spacial score (nSPS) is 13.2. The lowest BCUT2D eigenvalue weighted by Gasteiger charge is -2.20. The van der Waals surface area contributed by atoms with Gasteiger partial charge in [0.25, 0.3) is 5.56 Å². The zero-order chi connectivity index (χ0) is 19.4. The van der Waals surface area contributed by atoms with Crippen molar-refractivity contribution in [3.8, 4) is 16.9 Å². The number of rotatable bonds is 2. The number of para-hydroxylation sites is 2. The Balaban J connectivity index is 1.86. The summed E-state index contributed by atoms with van der Waals surface area (Å²) < 4.78 is 3.90. The van der Waals surface area contributed by atoms with E-state index in [0.29, 0.717) is 5.39 Å². The molecule has 0 N–H and O–H groups in total. The Morgan fingerprint density at radius 2 is 1.55 bits per heavy atom. The van der Waals surface area contributed by atoms with Gasteiger partial charge < -0.3 is 4.57 Å². The Morgan fingerprint density at radius 3 is 2.34 bits per heavy atom. The minimum Gasteiger partial charge on any atom is -0.307 e. The highest BCUT2D eigenvalue weighted by molar-refractivity contribution is 6.09. The molecule has 0 amide bonds. The predicted molar refractivity (Wildman–Crippen MR) is 117 cm³/mol. The minimum absolute atomic E-state index is 0.0562. The molecule has 0 saturated carbocycles. The Kier molecular flexibility index (Phi) is 3.47. The maximum atomic E-state index is 13.7. The number of hydrogen-bond donors (Lipinski definition) is 0. The lowest BCUT2D eigenvalue weighted by molar-refractivity contribution is 0.619. The molecule has 0 fully saturated rings. The second-order valence-corrected chi connectivity index (χ2v) is 7.56. The molecule has 1 aliphatic rings. The Hall–Kier alpha value is -3.66. The first-order valence-electron chi connectivity index (χ1n) is 10.0. The fourth-order valence-electron chi connectivity index (χ4n) is 4.60. The summed E-state index contributed by atoms with van der Waals surface area (Å²) in [6.07, 6.45) is 2.00. The van der Waals surface area contributed by atoms with Gasteiger partial charge in [-0.1, -0.05) is 66.7 Å². The molecule has 5 aromatic rings. The molecule has 140 valence electrons. The van der Waals surface area contributed by atoms with Crippen LogP contribution in [0.15, 0.2) is 83.7 Å².